The largest absolute Gasteiger partial charge is 0.497 e. The van der Waals surface area contributed by atoms with E-state index in [0.717, 1.165) is 11.1 Å². The first-order chi connectivity index (χ1) is 13.5. The highest BCUT2D eigenvalue weighted by molar-refractivity contribution is 5.85. The number of nitrogens with one attached hydrogen (secondary N) is 2. The minimum absolute atomic E-state index is 0.202. The zero-order chi connectivity index (χ0) is 20.4. The van der Waals surface area contributed by atoms with Crippen molar-refractivity contribution in [3.05, 3.63) is 65.7 Å². The summed E-state index contributed by atoms with van der Waals surface area (Å²) in [6, 6.07) is 14.5. The van der Waals surface area contributed by atoms with E-state index in [2.05, 4.69) is 10.6 Å². The summed E-state index contributed by atoms with van der Waals surface area (Å²) in [4.78, 5) is 35.4. The molecule has 2 aromatic rings. The van der Waals surface area contributed by atoms with Crippen LogP contribution < -0.4 is 21.1 Å². The van der Waals surface area contributed by atoms with Gasteiger partial charge in [-0.1, -0.05) is 42.5 Å². The van der Waals surface area contributed by atoms with Gasteiger partial charge < -0.3 is 25.8 Å². The molecule has 0 saturated heterocycles. The highest BCUT2D eigenvalue weighted by Gasteiger charge is 2.22. The Morgan fingerprint density at radius 2 is 1.75 bits per heavy atom. The molecule has 3 amide bonds. The molecule has 148 valence electrons. The Labute approximate surface area is 163 Å². The molecular weight excluding hydrogens is 362 g/mol. The number of amides is 3. The number of hydrogen-bond donors (Lipinski definition) is 3. The third kappa shape index (κ3) is 6.99. The maximum Gasteiger partial charge on any atom is 0.329 e. The number of carbonyl (C=O) groups is 3. The number of methoxy groups -OCH3 is 1. The van der Waals surface area contributed by atoms with Gasteiger partial charge in [-0.15, -0.1) is 0 Å². The third-order valence-electron chi connectivity index (χ3n) is 3.85. The third-order valence-corrected chi connectivity index (χ3v) is 3.85. The predicted molar refractivity (Wildman–Crippen MR) is 102 cm³/mol. The molecule has 0 aliphatic carbocycles. The Hall–Kier alpha value is -3.55. The normalized spacial score (nSPS) is 11.2. The highest BCUT2D eigenvalue weighted by Crippen LogP contribution is 2.12. The molecule has 8 nitrogen and oxygen atoms in total. The molecule has 2 aromatic carbocycles. The molecule has 0 aliphatic rings. The first-order valence-electron chi connectivity index (χ1n) is 8.64. The molecule has 4 N–H and O–H groups in total. The zero-order valence-electron chi connectivity index (χ0n) is 15.5. The molecular formula is C20H23N3O5. The Morgan fingerprint density at radius 3 is 2.43 bits per heavy atom. The van der Waals surface area contributed by atoms with Crippen LogP contribution in [0.2, 0.25) is 0 Å². The predicted octanol–water partition coefficient (Wildman–Crippen LogP) is 1.13. The second kappa shape index (κ2) is 10.6. The van der Waals surface area contributed by atoms with Gasteiger partial charge in [-0.25, -0.2) is 9.59 Å². The number of carbonyl (C=O) groups excluding carboxylic acids is 3. The lowest BCUT2D eigenvalue weighted by Gasteiger charge is -2.16. The lowest BCUT2D eigenvalue weighted by atomic mass is 10.1. The van der Waals surface area contributed by atoms with Crippen molar-refractivity contribution in [1.82, 2.24) is 10.6 Å². The van der Waals surface area contributed by atoms with Gasteiger partial charge in [-0.05, 0) is 23.3 Å². The van der Waals surface area contributed by atoms with Crippen molar-refractivity contribution in [1.29, 1.82) is 0 Å². The molecule has 28 heavy (non-hydrogen) atoms. The van der Waals surface area contributed by atoms with E-state index in [1.54, 1.807) is 19.2 Å². The summed E-state index contributed by atoms with van der Waals surface area (Å²) >= 11 is 0. The molecule has 0 bridgehead atoms. The molecule has 0 spiro atoms. The van der Waals surface area contributed by atoms with E-state index in [1.165, 1.54) is 0 Å². The lowest BCUT2D eigenvalue weighted by Crippen LogP contribution is -2.46. The number of ether oxygens (including phenoxy) is 2. The standard InChI is InChI=1S/C20H23N3O5/c1-27-16-9-5-8-15(10-16)12-22-18(24)13-28-19(25)17(23-20(21)26)11-14-6-3-2-4-7-14/h2-10,17H,11-13H2,1H3,(H,22,24)(H3,21,23,26)/t17-/m0/s1. The average molecular weight is 385 g/mol. The SMILES string of the molecule is COc1cccc(CNC(=O)COC(=O)[C@H](Cc2ccccc2)NC(N)=O)c1. The second-order valence-corrected chi connectivity index (χ2v) is 5.99. The molecule has 8 heteroatoms. The van der Waals surface area contributed by atoms with Crippen molar-refractivity contribution in [3.8, 4) is 5.75 Å². The first-order valence-corrected chi connectivity index (χ1v) is 8.64. The van der Waals surface area contributed by atoms with Crippen LogP contribution in [0.3, 0.4) is 0 Å². The van der Waals surface area contributed by atoms with E-state index in [4.69, 9.17) is 15.2 Å². The summed E-state index contributed by atoms with van der Waals surface area (Å²) < 4.78 is 10.1. The molecule has 0 radical (unpaired) electrons. The summed E-state index contributed by atoms with van der Waals surface area (Å²) in [7, 11) is 1.56. The van der Waals surface area contributed by atoms with Crippen molar-refractivity contribution in [2.75, 3.05) is 13.7 Å². The van der Waals surface area contributed by atoms with Crippen LogP contribution in [0, 0.1) is 0 Å². The van der Waals surface area contributed by atoms with Gasteiger partial charge in [0.25, 0.3) is 5.91 Å². The van der Waals surface area contributed by atoms with E-state index in [1.807, 2.05) is 42.5 Å². The van der Waals surface area contributed by atoms with Gasteiger partial charge in [-0.2, -0.15) is 0 Å². The molecule has 0 saturated carbocycles. The molecule has 1 atom stereocenters. The Kier molecular flexibility index (Phi) is 7.83. The number of esters is 1. The Bertz CT molecular complexity index is 810. The van der Waals surface area contributed by atoms with Crippen molar-refractivity contribution in [2.24, 2.45) is 5.73 Å². The van der Waals surface area contributed by atoms with E-state index in [0.29, 0.717) is 5.75 Å². The number of nitrogens with two attached hydrogens (primary N) is 1. The van der Waals surface area contributed by atoms with E-state index < -0.39 is 30.6 Å². The topological polar surface area (TPSA) is 120 Å². The molecule has 0 aromatic heterocycles. The number of urea groups is 1. The van der Waals surface area contributed by atoms with E-state index in [9.17, 15) is 14.4 Å². The number of primary amides is 1. The summed E-state index contributed by atoms with van der Waals surface area (Å²) in [5.41, 5.74) is 6.79. The van der Waals surface area contributed by atoms with Crippen LogP contribution in [-0.4, -0.2) is 37.7 Å². The Balaban J connectivity index is 1.84. The van der Waals surface area contributed by atoms with Crippen LogP contribution >= 0.6 is 0 Å². The fourth-order valence-electron chi connectivity index (χ4n) is 2.49. The van der Waals surface area contributed by atoms with Crippen LogP contribution in [0.25, 0.3) is 0 Å². The second-order valence-electron chi connectivity index (χ2n) is 5.99. The van der Waals surface area contributed by atoms with Crippen LogP contribution in [0.15, 0.2) is 54.6 Å². The maximum absolute atomic E-state index is 12.3. The van der Waals surface area contributed by atoms with Crippen molar-refractivity contribution < 1.29 is 23.9 Å². The number of hydrogen-bond acceptors (Lipinski definition) is 5. The van der Waals surface area contributed by atoms with Crippen LogP contribution in [-0.2, 0) is 27.3 Å². The summed E-state index contributed by atoms with van der Waals surface area (Å²) in [5, 5.41) is 4.99. The van der Waals surface area contributed by atoms with E-state index >= 15 is 0 Å². The summed E-state index contributed by atoms with van der Waals surface area (Å²) in [6.07, 6.45) is 0.202. The zero-order valence-corrected chi connectivity index (χ0v) is 15.5. The van der Waals surface area contributed by atoms with Crippen LogP contribution in [0.5, 0.6) is 5.75 Å². The Morgan fingerprint density at radius 1 is 1.04 bits per heavy atom. The molecule has 0 fully saturated rings. The van der Waals surface area contributed by atoms with Gasteiger partial charge in [-0.3, -0.25) is 4.79 Å². The summed E-state index contributed by atoms with van der Waals surface area (Å²) in [5.74, 6) is -0.521. The quantitative estimate of drug-likeness (QED) is 0.559. The minimum atomic E-state index is -0.980. The van der Waals surface area contributed by atoms with Gasteiger partial charge in [0.2, 0.25) is 0 Å². The smallest absolute Gasteiger partial charge is 0.329 e. The lowest BCUT2D eigenvalue weighted by molar-refractivity contribution is -0.150. The monoisotopic (exact) mass is 385 g/mol. The molecule has 0 aliphatic heterocycles. The first kappa shape index (κ1) is 20.8. The van der Waals surface area contributed by atoms with Gasteiger partial charge >= 0.3 is 12.0 Å². The fraction of sp³-hybridized carbons (Fsp3) is 0.250. The van der Waals surface area contributed by atoms with Gasteiger partial charge in [0.1, 0.15) is 11.8 Å². The minimum Gasteiger partial charge on any atom is -0.497 e. The van der Waals surface area contributed by atoms with Crippen LogP contribution in [0.4, 0.5) is 4.79 Å². The van der Waals surface area contributed by atoms with Crippen molar-refractivity contribution >= 4 is 17.9 Å². The maximum atomic E-state index is 12.3. The number of benzene rings is 2. The average Bonchev–Trinajstić information content (AvgIpc) is 2.70. The van der Waals surface area contributed by atoms with Gasteiger partial charge in [0.15, 0.2) is 6.61 Å². The number of rotatable bonds is 9. The van der Waals surface area contributed by atoms with Crippen molar-refractivity contribution in [3.63, 3.8) is 0 Å². The van der Waals surface area contributed by atoms with Crippen LogP contribution in [0.1, 0.15) is 11.1 Å². The van der Waals surface area contributed by atoms with Gasteiger partial charge in [0, 0.05) is 13.0 Å². The highest BCUT2D eigenvalue weighted by atomic mass is 16.5. The van der Waals surface area contributed by atoms with E-state index in [-0.39, 0.29) is 13.0 Å². The fourth-order valence-corrected chi connectivity index (χ4v) is 2.49. The molecule has 0 unspecified atom stereocenters. The van der Waals surface area contributed by atoms with Gasteiger partial charge in [0.05, 0.1) is 7.11 Å². The molecule has 0 heterocycles. The van der Waals surface area contributed by atoms with Crippen molar-refractivity contribution in [2.45, 2.75) is 19.0 Å². The summed E-state index contributed by atoms with van der Waals surface area (Å²) in [6.45, 7) is -0.199. The molecule has 2 rings (SSSR count).